The summed E-state index contributed by atoms with van der Waals surface area (Å²) in [5, 5.41) is 4.98. The van der Waals surface area contributed by atoms with Gasteiger partial charge in [0.2, 0.25) is 0 Å². The summed E-state index contributed by atoms with van der Waals surface area (Å²) in [6, 6.07) is 10.7. The van der Waals surface area contributed by atoms with Crippen molar-refractivity contribution in [3.8, 4) is 11.5 Å². The number of benzene rings is 2. The number of hydrogen-bond donors (Lipinski definition) is 0. The maximum Gasteiger partial charge on any atom is 0.282 e. The van der Waals surface area contributed by atoms with Crippen molar-refractivity contribution in [1.29, 1.82) is 0 Å². The average molecular weight is 557 g/mol. The number of morpholine rings is 1. The number of hydrogen-bond acceptors (Lipinski definition) is 7. The van der Waals surface area contributed by atoms with E-state index in [4.69, 9.17) is 19.2 Å². The lowest BCUT2D eigenvalue weighted by Crippen LogP contribution is -2.43. The number of halogens is 1. The van der Waals surface area contributed by atoms with Crippen LogP contribution >= 0.6 is 15.9 Å². The molecule has 0 N–H and O–H groups in total. The first-order valence-corrected chi connectivity index (χ1v) is 12.6. The molecule has 1 amide bonds. The van der Waals surface area contributed by atoms with E-state index in [0.717, 1.165) is 10.9 Å². The van der Waals surface area contributed by atoms with Gasteiger partial charge >= 0.3 is 0 Å². The van der Waals surface area contributed by atoms with E-state index in [-0.39, 0.29) is 24.0 Å². The Morgan fingerprint density at radius 3 is 2.72 bits per heavy atom. The zero-order valence-electron chi connectivity index (χ0n) is 20.6. The molecule has 2 heterocycles. The summed E-state index contributed by atoms with van der Waals surface area (Å²) in [5.74, 6) is 1.45. The number of aromatic nitrogens is 2. The van der Waals surface area contributed by atoms with E-state index < -0.39 is 0 Å². The normalized spacial score (nSPS) is 14.8. The minimum absolute atomic E-state index is 0.0391. The molecule has 190 valence electrons. The largest absolute Gasteiger partial charge is 0.493 e. The Kier molecular flexibility index (Phi) is 8.37. The van der Waals surface area contributed by atoms with E-state index >= 15 is 0 Å². The van der Waals surface area contributed by atoms with Gasteiger partial charge in [-0.3, -0.25) is 9.59 Å². The summed E-state index contributed by atoms with van der Waals surface area (Å²) in [5.41, 5.74) is 1.11. The molecule has 1 atom stereocenters. The van der Waals surface area contributed by atoms with Crippen molar-refractivity contribution in [2.75, 3.05) is 40.0 Å². The number of carbonyl (C=O) groups is 1. The first kappa shape index (κ1) is 25.8. The van der Waals surface area contributed by atoms with Gasteiger partial charge in [-0.25, -0.2) is 4.98 Å². The van der Waals surface area contributed by atoms with Crippen LogP contribution in [-0.4, -0.2) is 66.7 Å². The fraction of sp³-hybridized carbons (Fsp3) is 0.385. The second-order valence-electron chi connectivity index (χ2n) is 8.49. The van der Waals surface area contributed by atoms with Crippen LogP contribution in [0.1, 0.15) is 37.6 Å². The summed E-state index contributed by atoms with van der Waals surface area (Å²) >= 11 is 3.43. The number of rotatable bonds is 8. The highest BCUT2D eigenvalue weighted by atomic mass is 79.9. The Balaban J connectivity index is 1.59. The second kappa shape index (κ2) is 11.7. The molecule has 3 aromatic rings. The van der Waals surface area contributed by atoms with Crippen LogP contribution in [0.15, 0.2) is 50.8 Å². The number of ether oxygens (including phenoxy) is 3. The summed E-state index contributed by atoms with van der Waals surface area (Å²) in [7, 11) is 1.53. The Labute approximate surface area is 217 Å². The lowest BCUT2D eigenvalue weighted by atomic mass is 10.1. The van der Waals surface area contributed by atoms with Crippen molar-refractivity contribution >= 4 is 39.0 Å². The molecule has 0 bridgehead atoms. The minimum atomic E-state index is -0.235. The predicted octanol–water partition coefficient (Wildman–Crippen LogP) is 3.80. The molecule has 1 saturated heterocycles. The average Bonchev–Trinajstić information content (AvgIpc) is 2.91. The van der Waals surface area contributed by atoms with Gasteiger partial charge in [0, 0.05) is 23.5 Å². The molecule has 4 rings (SSSR count). The molecule has 2 aromatic carbocycles. The number of methoxy groups -OCH3 is 1. The van der Waals surface area contributed by atoms with Gasteiger partial charge in [-0.1, -0.05) is 29.8 Å². The SMILES string of the molecule is CC[C@H](C)c1nc2ccc(Br)cc2c(=O)n1N=Cc1ccc(OCC(=O)N2CCOCC2)c(OC)c1. The Morgan fingerprint density at radius 2 is 2.00 bits per heavy atom. The Hall–Kier alpha value is -3.24. The zero-order chi connectivity index (χ0) is 25.7. The van der Waals surface area contributed by atoms with Gasteiger partial charge in [-0.2, -0.15) is 9.78 Å². The minimum Gasteiger partial charge on any atom is -0.493 e. The molecule has 0 saturated carbocycles. The van der Waals surface area contributed by atoms with Gasteiger partial charge < -0.3 is 19.1 Å². The molecule has 10 heteroatoms. The van der Waals surface area contributed by atoms with Gasteiger partial charge in [0.1, 0.15) is 5.82 Å². The van der Waals surface area contributed by atoms with Crippen molar-refractivity contribution in [2.24, 2.45) is 5.10 Å². The number of nitrogens with zero attached hydrogens (tertiary/aromatic N) is 4. The van der Waals surface area contributed by atoms with Crippen LogP contribution in [0.25, 0.3) is 10.9 Å². The molecule has 0 aliphatic carbocycles. The van der Waals surface area contributed by atoms with Crippen LogP contribution in [0.2, 0.25) is 0 Å². The smallest absolute Gasteiger partial charge is 0.282 e. The Bertz CT molecular complexity index is 1330. The van der Waals surface area contributed by atoms with E-state index in [1.165, 1.54) is 11.8 Å². The van der Waals surface area contributed by atoms with Crippen LogP contribution in [0, 0.1) is 0 Å². The van der Waals surface area contributed by atoms with Crippen molar-refractivity contribution in [1.82, 2.24) is 14.6 Å². The number of amides is 1. The van der Waals surface area contributed by atoms with Crippen LogP contribution < -0.4 is 15.0 Å². The first-order chi connectivity index (χ1) is 17.4. The lowest BCUT2D eigenvalue weighted by molar-refractivity contribution is -0.137. The van der Waals surface area contributed by atoms with E-state index in [2.05, 4.69) is 21.0 Å². The fourth-order valence-corrected chi connectivity index (χ4v) is 4.19. The third-order valence-corrected chi connectivity index (χ3v) is 6.60. The predicted molar refractivity (Wildman–Crippen MR) is 141 cm³/mol. The van der Waals surface area contributed by atoms with Gasteiger partial charge in [-0.05, 0) is 48.4 Å². The van der Waals surface area contributed by atoms with Crippen molar-refractivity contribution in [2.45, 2.75) is 26.2 Å². The second-order valence-corrected chi connectivity index (χ2v) is 9.41. The maximum atomic E-state index is 13.3. The van der Waals surface area contributed by atoms with E-state index in [1.54, 1.807) is 35.4 Å². The highest BCUT2D eigenvalue weighted by Crippen LogP contribution is 2.28. The van der Waals surface area contributed by atoms with E-state index in [9.17, 15) is 9.59 Å². The number of fused-ring (bicyclic) bond motifs is 1. The molecule has 0 spiro atoms. The van der Waals surface area contributed by atoms with E-state index in [0.29, 0.717) is 60.1 Å². The van der Waals surface area contributed by atoms with Gasteiger partial charge in [0.25, 0.3) is 11.5 Å². The van der Waals surface area contributed by atoms with Crippen LogP contribution in [0.5, 0.6) is 11.5 Å². The summed E-state index contributed by atoms with van der Waals surface area (Å²) < 4.78 is 18.6. The zero-order valence-corrected chi connectivity index (χ0v) is 22.2. The molecular formula is C26H29BrN4O5. The molecule has 36 heavy (non-hydrogen) atoms. The lowest BCUT2D eigenvalue weighted by Gasteiger charge is -2.26. The molecule has 9 nitrogen and oxygen atoms in total. The quantitative estimate of drug-likeness (QED) is 0.391. The van der Waals surface area contributed by atoms with Crippen molar-refractivity contribution in [3.63, 3.8) is 0 Å². The highest BCUT2D eigenvalue weighted by molar-refractivity contribution is 9.10. The highest BCUT2D eigenvalue weighted by Gasteiger charge is 2.18. The van der Waals surface area contributed by atoms with Gasteiger partial charge in [0.15, 0.2) is 18.1 Å². The number of carbonyl (C=O) groups excluding carboxylic acids is 1. The van der Waals surface area contributed by atoms with Gasteiger partial charge in [0.05, 0.1) is 37.4 Å². The van der Waals surface area contributed by atoms with Crippen molar-refractivity contribution in [3.05, 3.63) is 62.6 Å². The first-order valence-electron chi connectivity index (χ1n) is 11.8. The van der Waals surface area contributed by atoms with E-state index in [1.807, 2.05) is 26.0 Å². The topological polar surface area (TPSA) is 95.3 Å². The summed E-state index contributed by atoms with van der Waals surface area (Å²) in [6.07, 6.45) is 2.40. The molecule has 1 aliphatic heterocycles. The Morgan fingerprint density at radius 1 is 1.22 bits per heavy atom. The monoisotopic (exact) mass is 556 g/mol. The fourth-order valence-electron chi connectivity index (χ4n) is 3.83. The molecule has 0 unspecified atom stereocenters. The summed E-state index contributed by atoms with van der Waals surface area (Å²) in [4.78, 5) is 32.1. The molecule has 0 radical (unpaired) electrons. The maximum absolute atomic E-state index is 13.3. The van der Waals surface area contributed by atoms with Crippen LogP contribution in [-0.2, 0) is 9.53 Å². The molecule has 1 aromatic heterocycles. The third-order valence-electron chi connectivity index (χ3n) is 6.11. The van der Waals surface area contributed by atoms with Crippen molar-refractivity contribution < 1.29 is 19.0 Å². The third kappa shape index (κ3) is 5.76. The van der Waals surface area contributed by atoms with Crippen LogP contribution in [0.3, 0.4) is 0 Å². The molecule has 1 fully saturated rings. The standard InChI is InChI=1S/C26H29BrN4O5/c1-4-17(2)25-29-21-7-6-19(27)14-20(21)26(33)31(25)28-15-18-5-8-22(23(13-18)34-3)36-16-24(32)30-9-11-35-12-10-30/h5-8,13-15,17H,4,9-12,16H2,1-3H3/t17-/m0/s1. The molecule has 1 aliphatic rings. The summed E-state index contributed by atoms with van der Waals surface area (Å²) in [6.45, 7) is 6.18. The van der Waals surface area contributed by atoms with Gasteiger partial charge in [-0.15, -0.1) is 0 Å². The van der Waals surface area contributed by atoms with Crippen LogP contribution in [0.4, 0.5) is 0 Å². The molecular weight excluding hydrogens is 528 g/mol.